The van der Waals surface area contributed by atoms with Gasteiger partial charge in [-0.25, -0.2) is 18.2 Å². The molecule has 0 aromatic carbocycles. The first-order valence-electron chi connectivity index (χ1n) is 5.57. The Morgan fingerprint density at radius 2 is 2.17 bits per heavy atom. The van der Waals surface area contributed by atoms with E-state index in [0.717, 1.165) is 19.0 Å². The first-order valence-corrected chi connectivity index (χ1v) is 7.01. The van der Waals surface area contributed by atoms with Crippen molar-refractivity contribution in [1.29, 1.82) is 0 Å². The number of nitrogens with zero attached hydrogens (tertiary/aromatic N) is 2. The van der Waals surface area contributed by atoms with Gasteiger partial charge in [0.05, 0.1) is 5.56 Å². The summed E-state index contributed by atoms with van der Waals surface area (Å²) in [5.41, 5.74) is -0.0289. The molecular formula is C11H14N2O4S. The molecule has 0 bridgehead atoms. The van der Waals surface area contributed by atoms with Crippen LogP contribution in [0.15, 0.2) is 23.4 Å². The number of hydrogen-bond acceptors (Lipinski definition) is 4. The molecule has 0 aliphatic heterocycles. The average molecular weight is 270 g/mol. The summed E-state index contributed by atoms with van der Waals surface area (Å²) in [6.07, 6.45) is 3.18. The van der Waals surface area contributed by atoms with Gasteiger partial charge in [0, 0.05) is 19.8 Å². The fourth-order valence-electron chi connectivity index (χ4n) is 1.58. The molecule has 18 heavy (non-hydrogen) atoms. The second-order valence-electron chi connectivity index (χ2n) is 4.42. The molecule has 0 spiro atoms. The zero-order valence-corrected chi connectivity index (χ0v) is 10.7. The third-order valence-corrected chi connectivity index (χ3v) is 4.61. The molecule has 1 N–H and O–H groups in total. The first kappa shape index (κ1) is 13.0. The predicted octanol–water partition coefficient (Wildman–Crippen LogP) is 0.810. The number of aromatic carboxylic acids is 1. The molecular weight excluding hydrogens is 256 g/mol. The maximum Gasteiger partial charge on any atom is 0.337 e. The highest BCUT2D eigenvalue weighted by Crippen LogP contribution is 2.30. The largest absolute Gasteiger partial charge is 0.478 e. The van der Waals surface area contributed by atoms with Crippen LogP contribution in [0.3, 0.4) is 0 Å². The number of carbonyl (C=O) groups is 1. The number of pyridine rings is 1. The van der Waals surface area contributed by atoms with Gasteiger partial charge in [-0.2, -0.15) is 4.31 Å². The topological polar surface area (TPSA) is 87.6 Å². The van der Waals surface area contributed by atoms with Crippen LogP contribution in [0.1, 0.15) is 23.2 Å². The van der Waals surface area contributed by atoms with E-state index in [1.807, 2.05) is 0 Å². The Bertz CT molecular complexity index is 549. The average Bonchev–Trinajstić information content (AvgIpc) is 3.13. The van der Waals surface area contributed by atoms with Gasteiger partial charge in [-0.05, 0) is 30.9 Å². The molecule has 98 valence electrons. The Morgan fingerprint density at radius 1 is 1.50 bits per heavy atom. The molecule has 1 aromatic heterocycles. The Labute approximate surface area is 105 Å². The van der Waals surface area contributed by atoms with Gasteiger partial charge in [-0.15, -0.1) is 0 Å². The molecule has 1 aliphatic carbocycles. The molecule has 7 heteroatoms. The third kappa shape index (κ3) is 2.68. The maximum absolute atomic E-state index is 12.1. The van der Waals surface area contributed by atoms with E-state index >= 15 is 0 Å². The van der Waals surface area contributed by atoms with Crippen molar-refractivity contribution in [2.75, 3.05) is 13.6 Å². The minimum absolute atomic E-state index is 0.0289. The third-order valence-electron chi connectivity index (χ3n) is 2.87. The molecule has 2 rings (SSSR count). The minimum atomic E-state index is -3.61. The summed E-state index contributed by atoms with van der Waals surface area (Å²) in [5, 5.41) is 8.60. The van der Waals surface area contributed by atoms with Crippen molar-refractivity contribution < 1.29 is 18.3 Å². The number of aromatic nitrogens is 1. The van der Waals surface area contributed by atoms with Crippen molar-refractivity contribution >= 4 is 16.0 Å². The van der Waals surface area contributed by atoms with Gasteiger partial charge in [0.1, 0.15) is 0 Å². The van der Waals surface area contributed by atoms with E-state index < -0.39 is 16.0 Å². The lowest BCUT2D eigenvalue weighted by atomic mass is 10.3. The highest BCUT2D eigenvalue weighted by molar-refractivity contribution is 7.89. The molecule has 0 atom stereocenters. The molecule has 0 unspecified atom stereocenters. The van der Waals surface area contributed by atoms with Gasteiger partial charge in [0.15, 0.2) is 5.03 Å². The maximum atomic E-state index is 12.1. The lowest BCUT2D eigenvalue weighted by Crippen LogP contribution is -2.29. The monoisotopic (exact) mass is 270 g/mol. The number of sulfonamides is 1. The number of carboxylic acid groups (broad SMARTS) is 1. The quantitative estimate of drug-likeness (QED) is 0.855. The van der Waals surface area contributed by atoms with Crippen LogP contribution in [0.5, 0.6) is 0 Å². The molecule has 0 saturated heterocycles. The lowest BCUT2D eigenvalue weighted by molar-refractivity contribution is 0.0696. The van der Waals surface area contributed by atoms with Crippen LogP contribution in [-0.4, -0.2) is 42.4 Å². The molecule has 0 amide bonds. The fraction of sp³-hybridized carbons (Fsp3) is 0.455. The van der Waals surface area contributed by atoms with Gasteiger partial charge in [-0.3, -0.25) is 0 Å². The predicted molar refractivity (Wildman–Crippen MR) is 63.7 cm³/mol. The highest BCUT2D eigenvalue weighted by atomic mass is 32.2. The lowest BCUT2D eigenvalue weighted by Gasteiger charge is -2.15. The summed E-state index contributed by atoms with van der Waals surface area (Å²) in [4.78, 5) is 14.4. The summed E-state index contributed by atoms with van der Waals surface area (Å²) >= 11 is 0. The Kier molecular flexibility index (Phi) is 3.36. The Morgan fingerprint density at radius 3 is 2.61 bits per heavy atom. The second kappa shape index (κ2) is 4.66. The van der Waals surface area contributed by atoms with Gasteiger partial charge >= 0.3 is 5.97 Å². The van der Waals surface area contributed by atoms with E-state index in [1.165, 1.54) is 23.5 Å². The van der Waals surface area contributed by atoms with E-state index in [-0.39, 0.29) is 10.6 Å². The smallest absolute Gasteiger partial charge is 0.337 e. The first-order chi connectivity index (χ1) is 8.41. The van der Waals surface area contributed by atoms with Crippen molar-refractivity contribution in [3.8, 4) is 0 Å². The van der Waals surface area contributed by atoms with E-state index in [0.29, 0.717) is 12.5 Å². The zero-order chi connectivity index (χ0) is 13.3. The van der Waals surface area contributed by atoms with Crippen LogP contribution in [0.2, 0.25) is 0 Å². The Hall–Kier alpha value is -1.47. The fourth-order valence-corrected chi connectivity index (χ4v) is 2.73. The summed E-state index contributed by atoms with van der Waals surface area (Å²) in [6.45, 7) is 0.491. The van der Waals surface area contributed by atoms with Crippen LogP contribution >= 0.6 is 0 Å². The van der Waals surface area contributed by atoms with Gasteiger partial charge < -0.3 is 5.11 Å². The zero-order valence-electron chi connectivity index (χ0n) is 9.91. The van der Waals surface area contributed by atoms with Crippen LogP contribution in [-0.2, 0) is 10.0 Å². The molecule has 1 fully saturated rings. The molecule has 1 aromatic rings. The van der Waals surface area contributed by atoms with Crippen molar-refractivity contribution in [2.24, 2.45) is 5.92 Å². The van der Waals surface area contributed by atoms with Crippen molar-refractivity contribution in [3.63, 3.8) is 0 Å². The minimum Gasteiger partial charge on any atom is -0.478 e. The van der Waals surface area contributed by atoms with Gasteiger partial charge in [0.2, 0.25) is 0 Å². The van der Waals surface area contributed by atoms with Crippen LogP contribution < -0.4 is 0 Å². The second-order valence-corrected chi connectivity index (χ2v) is 6.41. The van der Waals surface area contributed by atoms with Gasteiger partial charge in [-0.1, -0.05) is 0 Å². The molecule has 1 heterocycles. The van der Waals surface area contributed by atoms with Crippen LogP contribution in [0.4, 0.5) is 0 Å². The van der Waals surface area contributed by atoms with E-state index in [1.54, 1.807) is 0 Å². The summed E-state index contributed by atoms with van der Waals surface area (Å²) in [5.74, 6) is -0.680. The van der Waals surface area contributed by atoms with E-state index in [4.69, 9.17) is 5.11 Å². The number of rotatable bonds is 5. The van der Waals surface area contributed by atoms with Crippen molar-refractivity contribution in [2.45, 2.75) is 17.9 Å². The highest BCUT2D eigenvalue weighted by Gasteiger charge is 2.29. The molecule has 1 saturated carbocycles. The number of carboxylic acids is 1. The summed E-state index contributed by atoms with van der Waals surface area (Å²) in [7, 11) is -2.09. The summed E-state index contributed by atoms with van der Waals surface area (Å²) in [6, 6.07) is 2.47. The Balaban J connectivity index is 2.20. The SMILES string of the molecule is CN(CC1CC1)S(=O)(=O)c1ccc(C(=O)O)cn1. The molecule has 1 aliphatic rings. The number of hydrogen-bond donors (Lipinski definition) is 1. The van der Waals surface area contributed by atoms with E-state index in [2.05, 4.69) is 4.98 Å². The normalized spacial score (nSPS) is 15.9. The summed E-state index contributed by atoms with van der Waals surface area (Å²) < 4.78 is 25.5. The van der Waals surface area contributed by atoms with E-state index in [9.17, 15) is 13.2 Å². The standard InChI is InChI=1S/C11H14N2O4S/c1-13(7-8-2-3-8)18(16,17)10-5-4-9(6-12-10)11(14)15/h4-6,8H,2-3,7H2,1H3,(H,14,15). The van der Waals surface area contributed by atoms with Gasteiger partial charge in [0.25, 0.3) is 10.0 Å². The van der Waals surface area contributed by atoms with Crippen molar-refractivity contribution in [3.05, 3.63) is 23.9 Å². The van der Waals surface area contributed by atoms with Crippen LogP contribution in [0.25, 0.3) is 0 Å². The molecule has 0 radical (unpaired) electrons. The van der Waals surface area contributed by atoms with Crippen LogP contribution in [0, 0.1) is 5.92 Å². The molecule has 6 nitrogen and oxygen atoms in total. The van der Waals surface area contributed by atoms with Crippen molar-refractivity contribution in [1.82, 2.24) is 9.29 Å².